The predicted octanol–water partition coefficient (Wildman–Crippen LogP) is -6.81. The number of amides is 16. The molecule has 0 saturated carbocycles. The van der Waals surface area contributed by atoms with E-state index in [9.17, 15) is 76.7 Å². The molecule has 3 aliphatic rings. The second-order valence-electron chi connectivity index (χ2n) is 16.6. The van der Waals surface area contributed by atoms with Crippen molar-refractivity contribution >= 4 is 94.5 Å². The van der Waals surface area contributed by atoms with Crippen LogP contribution in [-0.2, 0) is 76.7 Å². The lowest BCUT2D eigenvalue weighted by molar-refractivity contribution is -0.138. The molecule has 29 heteroatoms. The molecule has 402 valence electrons. The molecule has 3 heterocycles. The monoisotopic (exact) mass is 1040 g/mol. The van der Waals surface area contributed by atoms with E-state index in [0.29, 0.717) is 0 Å². The molecule has 3 rings (SSSR count). The van der Waals surface area contributed by atoms with E-state index >= 15 is 0 Å². The van der Waals surface area contributed by atoms with Gasteiger partial charge in [0.05, 0.1) is 26.2 Å². The van der Waals surface area contributed by atoms with Gasteiger partial charge in [0.25, 0.3) is 35.4 Å². The van der Waals surface area contributed by atoms with E-state index < -0.39 is 139 Å². The highest BCUT2D eigenvalue weighted by Gasteiger charge is 2.27. The highest BCUT2D eigenvalue weighted by atomic mass is 16.2. The van der Waals surface area contributed by atoms with Crippen LogP contribution in [0.15, 0.2) is 36.5 Å². The van der Waals surface area contributed by atoms with Crippen molar-refractivity contribution in [3.05, 3.63) is 36.5 Å². The van der Waals surface area contributed by atoms with Crippen LogP contribution in [0.4, 0.5) is 0 Å². The molecule has 0 aliphatic carbocycles. The van der Waals surface area contributed by atoms with Crippen LogP contribution in [-0.4, -0.2) is 193 Å². The number of hydrogen-bond acceptors (Lipinski definition) is 16. The molecule has 3 unspecified atom stereocenters. The predicted molar refractivity (Wildman–Crippen MR) is 253 cm³/mol. The molecular weight excluding hydrogens is 979 g/mol. The number of unbranched alkanes of at least 4 members (excludes halogenated alkanes) is 1. The molecule has 3 atom stereocenters. The minimum atomic E-state index is -1.20. The number of imide groups is 3. The van der Waals surface area contributed by atoms with Crippen molar-refractivity contribution in [3.8, 4) is 0 Å². The fourth-order valence-electron chi connectivity index (χ4n) is 6.73. The van der Waals surface area contributed by atoms with E-state index in [1.165, 1.54) is 13.8 Å². The largest absolute Gasteiger partial charge is 0.355 e. The fourth-order valence-corrected chi connectivity index (χ4v) is 6.73. The molecule has 16 amide bonds. The zero-order chi connectivity index (χ0) is 54.7. The standard InChI is InChI=1S/C45H61N13O16/c1-27(53-31(60)8-5-20-56-37(66)10-11-38(56)67)43(72)51-24-34(63)49-23-33(62)46-17-4-3-7-29(45(74)48-18-16-30(59)47-19-22-58-41(70)14-15-42(58)71)55-36(65)26-50-35(64)25-52-44(73)28(2)54-32(61)9-6-21-57-39(68)12-13-40(57)69/h10-15,27-29H,3-9,16-26H2,1-2H3,(H,46,62)(H,47,59)(H,48,74)(H,49,63)(H,50,64)(H,51,72)(H,52,73)(H,53,60)(H,54,61)(H,55,65). The normalized spacial score (nSPS) is 14.8. The number of rotatable bonds is 33. The number of carbonyl (C=O) groups is 16. The Morgan fingerprint density at radius 3 is 1.22 bits per heavy atom. The molecule has 0 bridgehead atoms. The van der Waals surface area contributed by atoms with Crippen molar-refractivity contribution < 1.29 is 76.7 Å². The molecule has 0 saturated heterocycles. The molecule has 3 aliphatic heterocycles. The van der Waals surface area contributed by atoms with Gasteiger partial charge in [0, 0.05) is 95.0 Å². The van der Waals surface area contributed by atoms with Gasteiger partial charge in [0.2, 0.25) is 59.1 Å². The van der Waals surface area contributed by atoms with E-state index in [-0.39, 0.29) is 90.6 Å². The van der Waals surface area contributed by atoms with Crippen molar-refractivity contribution in [1.82, 2.24) is 67.9 Å². The first-order chi connectivity index (χ1) is 35.1. The zero-order valence-corrected chi connectivity index (χ0v) is 40.8. The third kappa shape index (κ3) is 21.8. The number of hydrogen-bond donors (Lipinski definition) is 10. The SMILES string of the molecule is CC(NC(=O)CCCN1C(=O)C=CC1=O)C(=O)NCC(=O)NCC(=O)NCCCCC(NC(=O)CNC(=O)CNC(=O)C(C)NC(=O)CCCN1C(=O)C=CC1=O)C(=O)NCCC(=O)NCCN1C(=O)C=CC1=O. The summed E-state index contributed by atoms with van der Waals surface area (Å²) in [5.74, 6) is -9.59. The zero-order valence-electron chi connectivity index (χ0n) is 40.8. The van der Waals surface area contributed by atoms with Crippen molar-refractivity contribution in [3.63, 3.8) is 0 Å². The summed E-state index contributed by atoms with van der Waals surface area (Å²) in [5.41, 5.74) is 0. The topological polar surface area (TPSA) is 403 Å². The molecular formula is C45H61N13O16. The third-order valence-corrected chi connectivity index (χ3v) is 10.8. The quantitative estimate of drug-likeness (QED) is 0.0216. The molecule has 0 aromatic carbocycles. The van der Waals surface area contributed by atoms with Gasteiger partial charge in [0.15, 0.2) is 0 Å². The van der Waals surface area contributed by atoms with Gasteiger partial charge in [-0.1, -0.05) is 0 Å². The Bertz CT molecular complexity index is 2260. The summed E-state index contributed by atoms with van der Waals surface area (Å²) in [6, 6.07) is -3.30. The maximum atomic E-state index is 13.2. The van der Waals surface area contributed by atoms with E-state index in [0.717, 1.165) is 51.2 Å². The molecule has 0 aromatic rings. The van der Waals surface area contributed by atoms with E-state index in [4.69, 9.17) is 0 Å². The Kier molecular flexibility index (Phi) is 24.9. The van der Waals surface area contributed by atoms with Crippen LogP contribution in [0.5, 0.6) is 0 Å². The van der Waals surface area contributed by atoms with Crippen LogP contribution in [0.3, 0.4) is 0 Å². The van der Waals surface area contributed by atoms with E-state index in [2.05, 4.69) is 53.2 Å². The average Bonchev–Trinajstić information content (AvgIpc) is 3.98. The van der Waals surface area contributed by atoms with Crippen molar-refractivity contribution in [2.24, 2.45) is 0 Å². The lowest BCUT2D eigenvalue weighted by atomic mass is 10.1. The van der Waals surface area contributed by atoms with E-state index in [1.807, 2.05) is 0 Å². The van der Waals surface area contributed by atoms with Crippen molar-refractivity contribution in [2.45, 2.75) is 83.3 Å². The maximum absolute atomic E-state index is 13.2. The molecule has 0 fully saturated rings. The van der Waals surface area contributed by atoms with Gasteiger partial charge in [0.1, 0.15) is 18.1 Å². The first kappa shape index (κ1) is 59.6. The first-order valence-corrected chi connectivity index (χ1v) is 23.5. The van der Waals surface area contributed by atoms with Gasteiger partial charge in [-0.25, -0.2) is 0 Å². The van der Waals surface area contributed by atoms with Crippen LogP contribution >= 0.6 is 0 Å². The smallest absolute Gasteiger partial charge is 0.253 e. The highest BCUT2D eigenvalue weighted by molar-refractivity contribution is 6.14. The van der Waals surface area contributed by atoms with Crippen molar-refractivity contribution in [2.75, 3.05) is 65.4 Å². The summed E-state index contributed by atoms with van der Waals surface area (Å²) < 4.78 is 0. The molecule has 0 spiro atoms. The molecule has 0 aromatic heterocycles. The number of nitrogens with one attached hydrogen (secondary N) is 10. The van der Waals surface area contributed by atoms with Crippen LogP contribution in [0.25, 0.3) is 0 Å². The van der Waals surface area contributed by atoms with Crippen molar-refractivity contribution in [1.29, 1.82) is 0 Å². The second-order valence-corrected chi connectivity index (χ2v) is 16.6. The van der Waals surface area contributed by atoms with Gasteiger partial charge in [-0.05, 0) is 46.0 Å². The minimum absolute atomic E-state index is 0.00937. The van der Waals surface area contributed by atoms with Crippen LogP contribution < -0.4 is 53.2 Å². The van der Waals surface area contributed by atoms with E-state index in [1.54, 1.807) is 0 Å². The molecule has 0 radical (unpaired) electrons. The maximum Gasteiger partial charge on any atom is 0.253 e. The Morgan fingerprint density at radius 1 is 0.365 bits per heavy atom. The number of nitrogens with zero attached hydrogens (tertiary/aromatic N) is 3. The highest BCUT2D eigenvalue weighted by Crippen LogP contribution is 2.08. The van der Waals surface area contributed by atoms with Crippen LogP contribution in [0.1, 0.15) is 65.2 Å². The molecule has 10 N–H and O–H groups in total. The Balaban J connectivity index is 1.37. The first-order valence-electron chi connectivity index (χ1n) is 23.5. The molecule has 74 heavy (non-hydrogen) atoms. The Hall–Kier alpha value is -8.66. The lowest BCUT2D eigenvalue weighted by Gasteiger charge is -2.19. The lowest BCUT2D eigenvalue weighted by Crippen LogP contribution is -2.51. The number of carbonyl (C=O) groups excluding carboxylic acids is 16. The second kappa shape index (κ2) is 30.9. The summed E-state index contributed by atoms with van der Waals surface area (Å²) in [6.07, 6.45) is 7.15. The fraction of sp³-hybridized carbons (Fsp3) is 0.511. The third-order valence-electron chi connectivity index (χ3n) is 10.8. The summed E-state index contributed by atoms with van der Waals surface area (Å²) >= 11 is 0. The van der Waals surface area contributed by atoms with Gasteiger partial charge >= 0.3 is 0 Å². The van der Waals surface area contributed by atoms with Crippen LogP contribution in [0.2, 0.25) is 0 Å². The summed E-state index contributed by atoms with van der Waals surface area (Å²) in [7, 11) is 0. The Morgan fingerprint density at radius 2 is 0.757 bits per heavy atom. The van der Waals surface area contributed by atoms with Gasteiger partial charge in [-0.15, -0.1) is 0 Å². The van der Waals surface area contributed by atoms with Gasteiger partial charge in [-0.2, -0.15) is 0 Å². The summed E-state index contributed by atoms with van der Waals surface area (Å²) in [4.78, 5) is 198. The average molecular weight is 1040 g/mol. The Labute approximate surface area is 423 Å². The van der Waals surface area contributed by atoms with Crippen LogP contribution in [0, 0.1) is 0 Å². The minimum Gasteiger partial charge on any atom is -0.355 e. The summed E-state index contributed by atoms with van der Waals surface area (Å²) in [6.45, 7) is 0.372. The summed E-state index contributed by atoms with van der Waals surface area (Å²) in [5, 5.41) is 24.3. The molecule has 29 nitrogen and oxygen atoms in total. The van der Waals surface area contributed by atoms with Gasteiger partial charge < -0.3 is 53.2 Å². The van der Waals surface area contributed by atoms with Gasteiger partial charge in [-0.3, -0.25) is 91.4 Å².